The molecule has 1 N–H and O–H groups in total. The number of methoxy groups -OCH3 is 1. The Bertz CT molecular complexity index is 814. The van der Waals surface area contributed by atoms with Gasteiger partial charge in [0.1, 0.15) is 5.75 Å². The summed E-state index contributed by atoms with van der Waals surface area (Å²) in [6.45, 7) is 2.80. The van der Waals surface area contributed by atoms with Gasteiger partial charge in [0.05, 0.1) is 22.9 Å². The SMILES string of the molecule is COc1ccc(S(=O)(=O)N2CCCC(C(=O)NC3CCCCC3C)C2)cc1Cl. The van der Waals surface area contributed by atoms with E-state index in [1.807, 2.05) is 0 Å². The van der Waals surface area contributed by atoms with Crippen LogP contribution in [0.1, 0.15) is 45.4 Å². The van der Waals surface area contributed by atoms with Crippen molar-refractivity contribution in [3.8, 4) is 5.75 Å². The molecule has 1 saturated carbocycles. The summed E-state index contributed by atoms with van der Waals surface area (Å²) in [6, 6.07) is 4.65. The number of benzene rings is 1. The summed E-state index contributed by atoms with van der Waals surface area (Å²) in [7, 11) is -2.22. The molecule has 2 aliphatic rings. The van der Waals surface area contributed by atoms with E-state index in [1.165, 1.54) is 30.0 Å². The molecule has 6 nitrogen and oxygen atoms in total. The number of carbonyl (C=O) groups is 1. The molecule has 1 heterocycles. The van der Waals surface area contributed by atoms with Crippen LogP contribution in [0.15, 0.2) is 23.1 Å². The molecule has 156 valence electrons. The number of rotatable bonds is 5. The molecule has 1 aliphatic heterocycles. The summed E-state index contributed by atoms with van der Waals surface area (Å²) in [5, 5.41) is 3.43. The number of nitrogens with zero attached hydrogens (tertiary/aromatic N) is 1. The molecule has 0 radical (unpaired) electrons. The number of ether oxygens (including phenoxy) is 1. The summed E-state index contributed by atoms with van der Waals surface area (Å²) in [5.41, 5.74) is 0. The highest BCUT2D eigenvalue weighted by molar-refractivity contribution is 7.89. The fourth-order valence-electron chi connectivity index (χ4n) is 4.16. The van der Waals surface area contributed by atoms with Gasteiger partial charge in [0.15, 0.2) is 0 Å². The van der Waals surface area contributed by atoms with Crippen molar-refractivity contribution in [1.29, 1.82) is 0 Å². The minimum atomic E-state index is -3.71. The summed E-state index contributed by atoms with van der Waals surface area (Å²) in [6.07, 6.45) is 5.87. The molecule has 0 aromatic heterocycles. The highest BCUT2D eigenvalue weighted by atomic mass is 35.5. The van der Waals surface area contributed by atoms with Crippen molar-refractivity contribution in [2.45, 2.75) is 56.4 Å². The van der Waals surface area contributed by atoms with E-state index in [2.05, 4.69) is 12.2 Å². The van der Waals surface area contributed by atoms with Crippen molar-refractivity contribution in [2.24, 2.45) is 11.8 Å². The second-order valence-electron chi connectivity index (χ2n) is 7.88. The normalized spacial score (nSPS) is 26.6. The first-order valence-corrected chi connectivity index (χ1v) is 11.8. The first kappa shape index (κ1) is 21.4. The lowest BCUT2D eigenvalue weighted by atomic mass is 9.85. The number of amides is 1. The molecular weight excluding hydrogens is 400 g/mol. The number of hydrogen-bond acceptors (Lipinski definition) is 4. The van der Waals surface area contributed by atoms with Crippen LogP contribution in [0.25, 0.3) is 0 Å². The lowest BCUT2D eigenvalue weighted by Crippen LogP contribution is -2.49. The van der Waals surface area contributed by atoms with Crippen LogP contribution in [-0.4, -0.2) is 44.9 Å². The van der Waals surface area contributed by atoms with E-state index in [9.17, 15) is 13.2 Å². The number of piperidine rings is 1. The van der Waals surface area contributed by atoms with Crippen molar-refractivity contribution in [1.82, 2.24) is 9.62 Å². The highest BCUT2D eigenvalue weighted by Crippen LogP contribution is 2.30. The highest BCUT2D eigenvalue weighted by Gasteiger charge is 2.35. The fourth-order valence-corrected chi connectivity index (χ4v) is 6.04. The Kier molecular flexibility index (Phi) is 6.89. The Morgan fingerprint density at radius 3 is 2.64 bits per heavy atom. The molecule has 1 saturated heterocycles. The van der Waals surface area contributed by atoms with Gasteiger partial charge >= 0.3 is 0 Å². The average molecular weight is 429 g/mol. The smallest absolute Gasteiger partial charge is 0.243 e. The minimum Gasteiger partial charge on any atom is -0.495 e. The van der Waals surface area contributed by atoms with Crippen molar-refractivity contribution >= 4 is 27.5 Å². The third-order valence-electron chi connectivity index (χ3n) is 5.96. The maximum Gasteiger partial charge on any atom is 0.243 e. The summed E-state index contributed by atoms with van der Waals surface area (Å²) < 4.78 is 32.6. The minimum absolute atomic E-state index is 0.0218. The van der Waals surface area contributed by atoms with Crippen LogP contribution in [0.4, 0.5) is 0 Å². The molecule has 0 bridgehead atoms. The monoisotopic (exact) mass is 428 g/mol. The quantitative estimate of drug-likeness (QED) is 0.779. The molecule has 1 aliphatic carbocycles. The van der Waals surface area contributed by atoms with Gasteiger partial charge in [0.2, 0.25) is 15.9 Å². The van der Waals surface area contributed by atoms with Gasteiger partial charge in [-0.1, -0.05) is 31.4 Å². The predicted octanol–water partition coefficient (Wildman–Crippen LogP) is 3.44. The van der Waals surface area contributed by atoms with Crippen LogP contribution in [0.2, 0.25) is 5.02 Å². The molecular formula is C20H29ClN2O4S. The predicted molar refractivity (Wildman–Crippen MR) is 109 cm³/mol. The zero-order valence-corrected chi connectivity index (χ0v) is 18.1. The van der Waals surface area contributed by atoms with Gasteiger partial charge in [-0.3, -0.25) is 4.79 Å². The molecule has 0 spiro atoms. The van der Waals surface area contributed by atoms with Gasteiger partial charge in [0.25, 0.3) is 0 Å². The van der Waals surface area contributed by atoms with Gasteiger partial charge < -0.3 is 10.1 Å². The topological polar surface area (TPSA) is 75.7 Å². The van der Waals surface area contributed by atoms with Crippen molar-refractivity contribution in [2.75, 3.05) is 20.2 Å². The van der Waals surface area contributed by atoms with E-state index in [-0.39, 0.29) is 34.3 Å². The molecule has 2 fully saturated rings. The molecule has 8 heteroatoms. The molecule has 1 aromatic rings. The molecule has 28 heavy (non-hydrogen) atoms. The molecule has 1 aromatic carbocycles. The standard InChI is InChI=1S/C20H29ClN2O4S/c1-14-6-3-4-8-18(14)22-20(24)15-7-5-11-23(13-15)28(25,26)16-9-10-19(27-2)17(21)12-16/h9-10,12,14-15,18H,3-8,11,13H2,1-2H3,(H,22,24). The van der Waals surface area contributed by atoms with Gasteiger partial charge in [0, 0.05) is 19.1 Å². The molecule has 1 amide bonds. The van der Waals surface area contributed by atoms with Crippen molar-refractivity contribution < 1.29 is 17.9 Å². The van der Waals surface area contributed by atoms with E-state index in [1.54, 1.807) is 6.07 Å². The van der Waals surface area contributed by atoms with Crippen molar-refractivity contribution in [3.63, 3.8) is 0 Å². The number of sulfonamides is 1. The van der Waals surface area contributed by atoms with E-state index in [0.29, 0.717) is 31.1 Å². The lowest BCUT2D eigenvalue weighted by Gasteiger charge is -2.34. The maximum absolute atomic E-state index is 13.0. The number of halogens is 1. The maximum atomic E-state index is 13.0. The van der Waals surface area contributed by atoms with Crippen LogP contribution >= 0.6 is 11.6 Å². The summed E-state index contributed by atoms with van der Waals surface area (Å²) in [4.78, 5) is 12.9. The van der Waals surface area contributed by atoms with Crippen LogP contribution in [0, 0.1) is 11.8 Å². The molecule has 3 atom stereocenters. The Balaban J connectivity index is 1.69. The average Bonchev–Trinajstić information content (AvgIpc) is 2.69. The van der Waals surface area contributed by atoms with E-state index >= 15 is 0 Å². The van der Waals surface area contributed by atoms with Crippen LogP contribution < -0.4 is 10.1 Å². The van der Waals surface area contributed by atoms with Crippen LogP contribution in [-0.2, 0) is 14.8 Å². The van der Waals surface area contributed by atoms with Gasteiger partial charge in [-0.25, -0.2) is 8.42 Å². The van der Waals surface area contributed by atoms with E-state index < -0.39 is 10.0 Å². The third kappa shape index (κ3) is 4.63. The summed E-state index contributed by atoms with van der Waals surface area (Å²) in [5.74, 6) is 0.568. The first-order chi connectivity index (χ1) is 13.3. The van der Waals surface area contributed by atoms with Crippen molar-refractivity contribution in [3.05, 3.63) is 23.2 Å². The Labute approximate surface area is 172 Å². The second-order valence-corrected chi connectivity index (χ2v) is 10.2. The van der Waals surface area contributed by atoms with Gasteiger partial charge in [-0.05, 0) is 49.8 Å². The van der Waals surface area contributed by atoms with Crippen LogP contribution in [0.3, 0.4) is 0 Å². The Hall–Kier alpha value is -1.31. The number of hydrogen-bond donors (Lipinski definition) is 1. The Morgan fingerprint density at radius 2 is 1.96 bits per heavy atom. The van der Waals surface area contributed by atoms with E-state index in [4.69, 9.17) is 16.3 Å². The van der Waals surface area contributed by atoms with E-state index in [0.717, 1.165) is 19.3 Å². The zero-order chi connectivity index (χ0) is 20.3. The number of carbonyl (C=O) groups excluding carboxylic acids is 1. The third-order valence-corrected chi connectivity index (χ3v) is 8.11. The molecule has 3 rings (SSSR count). The Morgan fingerprint density at radius 1 is 1.21 bits per heavy atom. The second kappa shape index (κ2) is 9.01. The largest absolute Gasteiger partial charge is 0.495 e. The van der Waals surface area contributed by atoms with Crippen LogP contribution in [0.5, 0.6) is 5.75 Å². The molecule has 3 unspecified atom stereocenters. The number of nitrogens with one attached hydrogen (secondary N) is 1. The fraction of sp³-hybridized carbons (Fsp3) is 0.650. The van der Waals surface area contributed by atoms with Gasteiger partial charge in [-0.2, -0.15) is 4.31 Å². The lowest BCUT2D eigenvalue weighted by molar-refractivity contribution is -0.127. The first-order valence-electron chi connectivity index (χ1n) is 9.97. The summed E-state index contributed by atoms with van der Waals surface area (Å²) >= 11 is 6.10. The zero-order valence-electron chi connectivity index (χ0n) is 16.5. The van der Waals surface area contributed by atoms with Gasteiger partial charge in [-0.15, -0.1) is 0 Å².